The van der Waals surface area contributed by atoms with Gasteiger partial charge in [-0.25, -0.2) is 0 Å². The molecule has 2 aromatic carbocycles. The molecule has 4 heteroatoms. The zero-order chi connectivity index (χ0) is 18.5. The second-order valence-electron chi connectivity index (χ2n) is 7.17. The Labute approximate surface area is 157 Å². The molecule has 5 rings (SSSR count). The summed E-state index contributed by atoms with van der Waals surface area (Å²) >= 11 is 0. The SMILES string of the molecule is COc1cccc([C@@H]2C3=C(CCCC3=O)NC3=C2C(=O)c2ccccc23)c1. The van der Waals surface area contributed by atoms with Gasteiger partial charge in [0.05, 0.1) is 12.8 Å². The van der Waals surface area contributed by atoms with Crippen LogP contribution in [0, 0.1) is 0 Å². The van der Waals surface area contributed by atoms with Crippen molar-refractivity contribution >= 4 is 17.3 Å². The van der Waals surface area contributed by atoms with Crippen molar-refractivity contribution in [1.29, 1.82) is 0 Å². The Morgan fingerprint density at radius 1 is 0.963 bits per heavy atom. The molecule has 1 N–H and O–H groups in total. The third-order valence-electron chi connectivity index (χ3n) is 5.69. The molecule has 3 aliphatic rings. The zero-order valence-corrected chi connectivity index (χ0v) is 15.0. The number of carbonyl (C=O) groups excluding carboxylic acids is 2. The molecule has 0 amide bonds. The van der Waals surface area contributed by atoms with Crippen molar-refractivity contribution in [3.05, 3.63) is 82.1 Å². The third kappa shape index (κ3) is 2.29. The van der Waals surface area contributed by atoms with Gasteiger partial charge in [0.25, 0.3) is 0 Å². The lowest BCUT2D eigenvalue weighted by atomic mass is 9.75. The molecule has 2 aromatic rings. The summed E-state index contributed by atoms with van der Waals surface area (Å²) in [5.41, 5.74) is 5.80. The number of dihydropyridines is 1. The normalized spacial score (nSPS) is 20.9. The molecule has 0 aromatic heterocycles. The highest BCUT2D eigenvalue weighted by molar-refractivity contribution is 6.23. The van der Waals surface area contributed by atoms with Crippen LogP contribution >= 0.6 is 0 Å². The number of allylic oxidation sites excluding steroid dienone is 3. The van der Waals surface area contributed by atoms with Crippen LogP contribution in [0.1, 0.15) is 46.7 Å². The lowest BCUT2D eigenvalue weighted by Crippen LogP contribution is -2.31. The zero-order valence-electron chi connectivity index (χ0n) is 15.0. The molecule has 0 saturated carbocycles. The molecule has 2 aliphatic carbocycles. The Balaban J connectivity index is 1.75. The maximum atomic E-state index is 13.3. The van der Waals surface area contributed by atoms with Gasteiger partial charge in [-0.1, -0.05) is 36.4 Å². The van der Waals surface area contributed by atoms with Crippen molar-refractivity contribution in [2.45, 2.75) is 25.2 Å². The molecule has 0 fully saturated rings. The van der Waals surface area contributed by atoms with E-state index in [4.69, 9.17) is 4.74 Å². The fourth-order valence-electron chi connectivity index (χ4n) is 4.49. The maximum absolute atomic E-state index is 13.3. The minimum Gasteiger partial charge on any atom is -0.497 e. The lowest BCUT2D eigenvalue weighted by molar-refractivity contribution is -0.116. The van der Waals surface area contributed by atoms with Gasteiger partial charge in [0.15, 0.2) is 11.6 Å². The number of carbonyl (C=O) groups is 2. The quantitative estimate of drug-likeness (QED) is 0.883. The number of fused-ring (bicyclic) bond motifs is 2. The highest BCUT2D eigenvalue weighted by atomic mass is 16.5. The molecule has 1 heterocycles. The first kappa shape index (κ1) is 16.1. The van der Waals surface area contributed by atoms with Crippen molar-refractivity contribution in [3.8, 4) is 5.75 Å². The number of Topliss-reactive ketones (excluding diaryl/α,β-unsaturated/α-hetero) is 2. The minimum absolute atomic E-state index is 0.00541. The second kappa shape index (κ2) is 5.95. The molecule has 0 radical (unpaired) electrons. The van der Waals surface area contributed by atoms with Crippen molar-refractivity contribution in [2.24, 2.45) is 0 Å². The molecule has 1 atom stereocenters. The molecule has 0 unspecified atom stereocenters. The summed E-state index contributed by atoms with van der Waals surface area (Å²) in [6, 6.07) is 15.4. The predicted molar refractivity (Wildman–Crippen MR) is 102 cm³/mol. The average Bonchev–Trinajstić information content (AvgIpc) is 2.99. The molecular weight excluding hydrogens is 338 g/mol. The highest BCUT2D eigenvalue weighted by Crippen LogP contribution is 2.49. The number of nitrogens with one attached hydrogen (secondary N) is 1. The van der Waals surface area contributed by atoms with Gasteiger partial charge < -0.3 is 10.1 Å². The van der Waals surface area contributed by atoms with Gasteiger partial charge >= 0.3 is 0 Å². The standard InChI is InChI=1S/C23H19NO3/c1-27-14-7-4-6-13(12-14)19-20-17(10-5-11-18(20)25)24-22-15-8-2-3-9-16(15)23(26)21(19)22/h2-4,6-9,12,19,24H,5,10-11H2,1H3/t19-/m1/s1. The molecule has 134 valence electrons. The van der Waals surface area contributed by atoms with E-state index in [2.05, 4.69) is 5.32 Å². The highest BCUT2D eigenvalue weighted by Gasteiger charge is 2.43. The number of methoxy groups -OCH3 is 1. The Bertz CT molecular complexity index is 1060. The molecule has 1 aliphatic heterocycles. The van der Waals surface area contributed by atoms with Crippen LogP contribution in [0.4, 0.5) is 0 Å². The van der Waals surface area contributed by atoms with Crippen LogP contribution in [-0.4, -0.2) is 18.7 Å². The van der Waals surface area contributed by atoms with E-state index in [1.807, 2.05) is 48.5 Å². The van der Waals surface area contributed by atoms with E-state index in [1.165, 1.54) is 0 Å². The molecule has 0 spiro atoms. The second-order valence-corrected chi connectivity index (χ2v) is 7.17. The van der Waals surface area contributed by atoms with E-state index in [9.17, 15) is 9.59 Å². The first-order valence-electron chi connectivity index (χ1n) is 9.24. The van der Waals surface area contributed by atoms with Gasteiger partial charge in [0, 0.05) is 40.3 Å². The van der Waals surface area contributed by atoms with Crippen LogP contribution < -0.4 is 10.1 Å². The molecule has 0 saturated heterocycles. The average molecular weight is 357 g/mol. The number of ether oxygens (including phenoxy) is 1. The fourth-order valence-corrected chi connectivity index (χ4v) is 4.49. The molecule has 0 bridgehead atoms. The number of benzene rings is 2. The van der Waals surface area contributed by atoms with E-state index in [0.29, 0.717) is 17.6 Å². The number of rotatable bonds is 2. The Hall–Kier alpha value is -3.14. The van der Waals surface area contributed by atoms with Crippen LogP contribution in [0.5, 0.6) is 5.75 Å². The van der Waals surface area contributed by atoms with E-state index in [1.54, 1.807) is 7.11 Å². The summed E-state index contributed by atoms with van der Waals surface area (Å²) in [5, 5.41) is 3.45. The van der Waals surface area contributed by atoms with Gasteiger partial charge in [-0.05, 0) is 30.5 Å². The van der Waals surface area contributed by atoms with Gasteiger partial charge in [0.1, 0.15) is 5.75 Å². The molecular formula is C23H19NO3. The number of hydrogen-bond acceptors (Lipinski definition) is 4. The fraction of sp³-hybridized carbons (Fsp3) is 0.217. The summed E-state index contributed by atoms with van der Waals surface area (Å²) in [6.45, 7) is 0. The molecule has 27 heavy (non-hydrogen) atoms. The summed E-state index contributed by atoms with van der Waals surface area (Å²) in [6.07, 6.45) is 2.20. The van der Waals surface area contributed by atoms with Crippen LogP contribution in [-0.2, 0) is 4.79 Å². The maximum Gasteiger partial charge on any atom is 0.192 e. The van der Waals surface area contributed by atoms with Crippen LogP contribution in [0.25, 0.3) is 5.70 Å². The van der Waals surface area contributed by atoms with Crippen molar-refractivity contribution in [3.63, 3.8) is 0 Å². The minimum atomic E-state index is -0.348. The van der Waals surface area contributed by atoms with E-state index >= 15 is 0 Å². The first-order valence-corrected chi connectivity index (χ1v) is 9.24. The van der Waals surface area contributed by atoms with E-state index < -0.39 is 0 Å². The predicted octanol–water partition coefficient (Wildman–Crippen LogP) is 4.00. The first-order chi connectivity index (χ1) is 13.2. The Morgan fingerprint density at radius 3 is 2.59 bits per heavy atom. The van der Waals surface area contributed by atoms with E-state index in [0.717, 1.165) is 46.7 Å². The monoisotopic (exact) mass is 357 g/mol. The van der Waals surface area contributed by atoms with Crippen molar-refractivity contribution in [2.75, 3.05) is 7.11 Å². The lowest BCUT2D eigenvalue weighted by Gasteiger charge is -2.33. The van der Waals surface area contributed by atoms with Crippen molar-refractivity contribution < 1.29 is 14.3 Å². The summed E-state index contributed by atoms with van der Waals surface area (Å²) in [7, 11) is 1.62. The van der Waals surface area contributed by atoms with Gasteiger partial charge in [-0.3, -0.25) is 9.59 Å². The topological polar surface area (TPSA) is 55.4 Å². The number of hydrogen-bond donors (Lipinski definition) is 1. The van der Waals surface area contributed by atoms with Gasteiger partial charge in [-0.2, -0.15) is 0 Å². The van der Waals surface area contributed by atoms with Gasteiger partial charge in [-0.15, -0.1) is 0 Å². The van der Waals surface area contributed by atoms with Crippen LogP contribution in [0.2, 0.25) is 0 Å². The Kier molecular flexibility index (Phi) is 3.54. The molecule has 4 nitrogen and oxygen atoms in total. The van der Waals surface area contributed by atoms with Gasteiger partial charge in [0.2, 0.25) is 0 Å². The smallest absolute Gasteiger partial charge is 0.192 e. The number of ketones is 2. The van der Waals surface area contributed by atoms with Crippen LogP contribution in [0.15, 0.2) is 65.4 Å². The summed E-state index contributed by atoms with van der Waals surface area (Å²) < 4.78 is 5.39. The van der Waals surface area contributed by atoms with Crippen molar-refractivity contribution in [1.82, 2.24) is 5.32 Å². The summed E-state index contributed by atoms with van der Waals surface area (Å²) in [5.74, 6) is 0.512. The third-order valence-corrected chi connectivity index (χ3v) is 5.69. The largest absolute Gasteiger partial charge is 0.497 e. The Morgan fingerprint density at radius 2 is 1.78 bits per heavy atom. The summed E-state index contributed by atoms with van der Waals surface area (Å²) in [4.78, 5) is 26.2. The van der Waals surface area contributed by atoms with Crippen LogP contribution in [0.3, 0.4) is 0 Å². The van der Waals surface area contributed by atoms with E-state index in [-0.39, 0.29) is 17.5 Å².